The SMILES string of the molecule is CCCc1cc(O)c2c(OC)c(OC)c3cc(=O)cc(OC)c3c2o1. The molecule has 132 valence electrons. The van der Waals surface area contributed by atoms with Gasteiger partial charge in [-0.3, -0.25) is 4.79 Å². The van der Waals surface area contributed by atoms with Crippen LogP contribution in [0.4, 0.5) is 0 Å². The smallest absolute Gasteiger partial charge is 0.183 e. The first-order chi connectivity index (χ1) is 12.0. The molecule has 0 amide bonds. The van der Waals surface area contributed by atoms with Gasteiger partial charge in [-0.2, -0.15) is 0 Å². The van der Waals surface area contributed by atoms with E-state index in [0.29, 0.717) is 51.2 Å². The van der Waals surface area contributed by atoms with Gasteiger partial charge in [-0.1, -0.05) is 6.92 Å². The van der Waals surface area contributed by atoms with Crippen molar-refractivity contribution in [3.8, 4) is 23.0 Å². The summed E-state index contributed by atoms with van der Waals surface area (Å²) in [6, 6.07) is 4.40. The monoisotopic (exact) mass is 344 g/mol. The van der Waals surface area contributed by atoms with Crippen LogP contribution in [0.3, 0.4) is 0 Å². The van der Waals surface area contributed by atoms with Crippen LogP contribution >= 0.6 is 0 Å². The average molecular weight is 344 g/mol. The molecule has 0 saturated heterocycles. The molecule has 0 bridgehead atoms. The molecule has 0 aliphatic carbocycles. The van der Waals surface area contributed by atoms with Gasteiger partial charge in [-0.25, -0.2) is 0 Å². The predicted molar refractivity (Wildman–Crippen MR) is 95.3 cm³/mol. The first-order valence-corrected chi connectivity index (χ1v) is 7.97. The minimum atomic E-state index is -0.224. The molecule has 2 aromatic carbocycles. The van der Waals surface area contributed by atoms with E-state index < -0.39 is 0 Å². The van der Waals surface area contributed by atoms with Crippen LogP contribution in [-0.4, -0.2) is 26.4 Å². The number of benzene rings is 2. The highest BCUT2D eigenvalue weighted by molar-refractivity contribution is 6.15. The Kier molecular flexibility index (Phi) is 4.44. The van der Waals surface area contributed by atoms with E-state index in [1.165, 1.54) is 33.5 Å². The third-order valence-electron chi connectivity index (χ3n) is 4.12. The molecule has 3 aromatic rings. The average Bonchev–Trinajstić information content (AvgIpc) is 2.59. The van der Waals surface area contributed by atoms with Crippen molar-refractivity contribution in [2.75, 3.05) is 21.3 Å². The molecule has 25 heavy (non-hydrogen) atoms. The summed E-state index contributed by atoms with van der Waals surface area (Å²) in [5.41, 5.74) is 0.172. The summed E-state index contributed by atoms with van der Waals surface area (Å²) in [4.78, 5) is 12.0. The largest absolute Gasteiger partial charge is 0.507 e. The number of rotatable bonds is 5. The molecule has 1 heterocycles. The van der Waals surface area contributed by atoms with E-state index in [4.69, 9.17) is 18.6 Å². The van der Waals surface area contributed by atoms with Crippen LogP contribution in [-0.2, 0) is 6.42 Å². The molecule has 6 nitrogen and oxygen atoms in total. The van der Waals surface area contributed by atoms with Gasteiger partial charge in [0, 0.05) is 23.9 Å². The van der Waals surface area contributed by atoms with Gasteiger partial charge in [0.25, 0.3) is 0 Å². The van der Waals surface area contributed by atoms with Gasteiger partial charge in [-0.05, 0) is 12.5 Å². The van der Waals surface area contributed by atoms with Crippen LogP contribution in [0.15, 0.2) is 27.4 Å². The van der Waals surface area contributed by atoms with Crippen molar-refractivity contribution in [3.63, 3.8) is 0 Å². The summed E-state index contributed by atoms with van der Waals surface area (Å²) in [6.07, 6.45) is 1.53. The van der Waals surface area contributed by atoms with E-state index >= 15 is 0 Å². The van der Waals surface area contributed by atoms with Crippen LogP contribution in [0.25, 0.3) is 21.7 Å². The van der Waals surface area contributed by atoms with Crippen molar-refractivity contribution in [2.45, 2.75) is 19.8 Å². The summed E-state index contributed by atoms with van der Waals surface area (Å²) in [5, 5.41) is 12.0. The highest BCUT2D eigenvalue weighted by Gasteiger charge is 2.24. The lowest BCUT2D eigenvalue weighted by molar-refractivity contribution is 0.359. The Morgan fingerprint density at radius 2 is 1.72 bits per heavy atom. The molecule has 0 fully saturated rings. The van der Waals surface area contributed by atoms with Gasteiger partial charge >= 0.3 is 0 Å². The first-order valence-electron chi connectivity index (χ1n) is 7.97. The van der Waals surface area contributed by atoms with Crippen LogP contribution in [0.2, 0.25) is 0 Å². The van der Waals surface area contributed by atoms with E-state index in [1.54, 1.807) is 6.07 Å². The fourth-order valence-electron chi connectivity index (χ4n) is 3.12. The third-order valence-corrected chi connectivity index (χ3v) is 4.12. The number of methoxy groups -OCH3 is 3. The molecule has 0 spiro atoms. The molecular formula is C19H20O6. The molecule has 0 unspecified atom stereocenters. The Labute approximate surface area is 144 Å². The Morgan fingerprint density at radius 3 is 2.32 bits per heavy atom. The number of ether oxygens (including phenoxy) is 3. The lowest BCUT2D eigenvalue weighted by Gasteiger charge is -2.17. The van der Waals surface area contributed by atoms with Crippen molar-refractivity contribution in [1.29, 1.82) is 0 Å². The fraction of sp³-hybridized carbons (Fsp3) is 0.316. The molecule has 0 aliphatic heterocycles. The van der Waals surface area contributed by atoms with E-state index in [9.17, 15) is 9.90 Å². The van der Waals surface area contributed by atoms with Crippen molar-refractivity contribution >= 4 is 21.7 Å². The molecule has 0 atom stereocenters. The molecule has 0 saturated carbocycles. The molecule has 0 aliphatic rings. The zero-order chi connectivity index (χ0) is 18.1. The number of aryl methyl sites for hydroxylation is 1. The summed E-state index contributed by atoms with van der Waals surface area (Å²) < 4.78 is 22.4. The van der Waals surface area contributed by atoms with Crippen LogP contribution < -0.4 is 19.6 Å². The maximum absolute atomic E-state index is 12.0. The number of aromatic hydroxyl groups is 1. The molecular weight excluding hydrogens is 324 g/mol. The second-order valence-corrected chi connectivity index (χ2v) is 5.67. The second kappa shape index (κ2) is 6.55. The zero-order valence-corrected chi connectivity index (χ0v) is 14.6. The summed E-state index contributed by atoms with van der Waals surface area (Å²) in [5.74, 6) is 1.66. The maximum Gasteiger partial charge on any atom is 0.183 e. The Morgan fingerprint density at radius 1 is 1.00 bits per heavy atom. The predicted octanol–water partition coefficient (Wildman–Crippen LogP) is 3.63. The van der Waals surface area contributed by atoms with Crippen molar-refractivity contribution in [1.82, 2.24) is 0 Å². The second-order valence-electron chi connectivity index (χ2n) is 5.67. The highest BCUT2D eigenvalue weighted by Crippen LogP contribution is 2.48. The Hall–Kier alpha value is -2.89. The van der Waals surface area contributed by atoms with Crippen LogP contribution in [0, 0.1) is 0 Å². The van der Waals surface area contributed by atoms with E-state index in [0.717, 1.165) is 6.42 Å². The minimum absolute atomic E-state index is 0.0232. The fourth-order valence-corrected chi connectivity index (χ4v) is 3.12. The zero-order valence-electron chi connectivity index (χ0n) is 14.6. The van der Waals surface area contributed by atoms with E-state index in [2.05, 4.69) is 0 Å². The Balaban J connectivity index is 2.64. The van der Waals surface area contributed by atoms with Crippen LogP contribution in [0.5, 0.6) is 23.0 Å². The van der Waals surface area contributed by atoms with Gasteiger partial charge in [0.15, 0.2) is 22.5 Å². The number of hydrogen-bond donors (Lipinski definition) is 1. The van der Waals surface area contributed by atoms with E-state index in [1.807, 2.05) is 6.92 Å². The minimum Gasteiger partial charge on any atom is -0.507 e. The number of fused-ring (bicyclic) bond motifs is 3. The molecule has 3 rings (SSSR count). The van der Waals surface area contributed by atoms with Gasteiger partial charge in [0.1, 0.15) is 22.6 Å². The quantitative estimate of drug-likeness (QED) is 0.712. The topological polar surface area (TPSA) is 78.1 Å². The maximum atomic E-state index is 12.0. The third kappa shape index (κ3) is 2.63. The van der Waals surface area contributed by atoms with Crippen LogP contribution in [0.1, 0.15) is 19.1 Å². The lowest BCUT2D eigenvalue weighted by Crippen LogP contribution is -2.02. The molecule has 0 radical (unpaired) electrons. The standard InChI is InChI=1S/C19H20O6/c1-5-6-11-9-13(21)16-18(25-11)15-12(17(23-3)19(16)24-4)7-10(20)8-14(15)22-2/h7-9,21H,5-6H2,1-4H3. The summed E-state index contributed by atoms with van der Waals surface area (Å²) in [6.45, 7) is 2.02. The Bertz CT molecular complexity index is 1000. The normalized spacial score (nSPS) is 11.0. The first kappa shape index (κ1) is 17.0. The van der Waals surface area contributed by atoms with E-state index in [-0.39, 0.29) is 11.2 Å². The van der Waals surface area contributed by atoms with Gasteiger partial charge in [-0.15, -0.1) is 0 Å². The summed E-state index contributed by atoms with van der Waals surface area (Å²) >= 11 is 0. The molecule has 1 aromatic heterocycles. The lowest BCUT2D eigenvalue weighted by atomic mass is 10.0. The highest BCUT2D eigenvalue weighted by atomic mass is 16.5. The van der Waals surface area contributed by atoms with Gasteiger partial charge in [0.05, 0.1) is 26.7 Å². The van der Waals surface area contributed by atoms with Gasteiger partial charge in [0.2, 0.25) is 0 Å². The van der Waals surface area contributed by atoms with Crippen molar-refractivity contribution < 1.29 is 23.7 Å². The molecule has 6 heteroatoms. The molecule has 1 N–H and O–H groups in total. The van der Waals surface area contributed by atoms with Gasteiger partial charge < -0.3 is 23.7 Å². The number of hydrogen-bond acceptors (Lipinski definition) is 6. The van der Waals surface area contributed by atoms with Crippen molar-refractivity contribution in [2.24, 2.45) is 0 Å². The van der Waals surface area contributed by atoms with Crippen molar-refractivity contribution in [3.05, 3.63) is 34.2 Å². The summed E-state index contributed by atoms with van der Waals surface area (Å²) in [7, 11) is 4.43.